The molecule has 0 amide bonds. The number of hydrogen-bond donors (Lipinski definition) is 1. The number of oxazole rings is 1. The van der Waals surface area contributed by atoms with Crippen molar-refractivity contribution in [2.75, 3.05) is 6.54 Å². The summed E-state index contributed by atoms with van der Waals surface area (Å²) in [6.07, 6.45) is 7.39. The Morgan fingerprint density at radius 3 is 2.72 bits per heavy atom. The van der Waals surface area contributed by atoms with Gasteiger partial charge in [0, 0.05) is 0 Å². The van der Waals surface area contributed by atoms with Crippen LogP contribution in [0.25, 0.3) is 11.1 Å². The highest BCUT2D eigenvalue weighted by Gasteiger charge is 2.22. The minimum atomic E-state index is 0.328. The van der Waals surface area contributed by atoms with Crippen molar-refractivity contribution < 1.29 is 4.42 Å². The van der Waals surface area contributed by atoms with Gasteiger partial charge < -0.3 is 9.73 Å². The van der Waals surface area contributed by atoms with Crippen LogP contribution in [0.4, 0.5) is 0 Å². The van der Waals surface area contributed by atoms with Crippen molar-refractivity contribution in [3.05, 3.63) is 29.2 Å². The standard InChI is InChI=1S/C15H18N2O/c1-2-5-11-9-14-13(8-10(11)4-1)17-15(18-14)12-6-3-7-16-12/h8-9,12,16H,1-7H2. The normalized spacial score (nSPS) is 23.4. The fourth-order valence-electron chi connectivity index (χ4n) is 3.22. The average Bonchev–Trinajstić information content (AvgIpc) is 3.04. The molecule has 3 heteroatoms. The van der Waals surface area contributed by atoms with Crippen LogP contribution in [0.5, 0.6) is 0 Å². The van der Waals surface area contributed by atoms with Crippen LogP contribution in [-0.2, 0) is 12.8 Å². The van der Waals surface area contributed by atoms with Gasteiger partial charge in [-0.2, -0.15) is 0 Å². The van der Waals surface area contributed by atoms with Crippen LogP contribution in [0.15, 0.2) is 16.5 Å². The van der Waals surface area contributed by atoms with E-state index in [1.807, 2.05) is 0 Å². The SMILES string of the molecule is c1c2c(cc3oc(C4CCCN4)nc13)CCCC2. The van der Waals surface area contributed by atoms with E-state index in [1.165, 1.54) is 43.2 Å². The zero-order valence-corrected chi connectivity index (χ0v) is 10.5. The number of rotatable bonds is 1. The van der Waals surface area contributed by atoms with Crippen LogP contribution in [-0.4, -0.2) is 11.5 Å². The van der Waals surface area contributed by atoms with Crippen molar-refractivity contribution in [2.24, 2.45) is 0 Å². The van der Waals surface area contributed by atoms with E-state index in [0.29, 0.717) is 6.04 Å². The molecule has 1 N–H and O–H groups in total. The molecular formula is C15H18N2O. The van der Waals surface area contributed by atoms with Gasteiger partial charge in [-0.1, -0.05) is 0 Å². The maximum Gasteiger partial charge on any atom is 0.212 e. The van der Waals surface area contributed by atoms with Crippen molar-refractivity contribution in [2.45, 2.75) is 44.6 Å². The lowest BCUT2D eigenvalue weighted by Gasteiger charge is -2.14. The first-order chi connectivity index (χ1) is 8.90. The molecule has 2 aromatic rings. The monoisotopic (exact) mass is 242 g/mol. The molecule has 2 aliphatic rings. The van der Waals surface area contributed by atoms with E-state index >= 15 is 0 Å². The Balaban J connectivity index is 1.79. The Morgan fingerprint density at radius 2 is 1.94 bits per heavy atom. The number of aryl methyl sites for hydroxylation is 2. The number of nitrogens with one attached hydrogen (secondary N) is 1. The summed E-state index contributed by atoms with van der Waals surface area (Å²) in [6, 6.07) is 4.79. The number of fused-ring (bicyclic) bond motifs is 2. The van der Waals surface area contributed by atoms with Gasteiger partial charge in [0.25, 0.3) is 0 Å². The summed E-state index contributed by atoms with van der Waals surface area (Å²) in [5.41, 5.74) is 4.96. The van der Waals surface area contributed by atoms with E-state index < -0.39 is 0 Å². The first-order valence-electron chi connectivity index (χ1n) is 7.06. The first kappa shape index (κ1) is 10.6. The van der Waals surface area contributed by atoms with Crippen LogP contribution < -0.4 is 5.32 Å². The summed E-state index contributed by atoms with van der Waals surface area (Å²) in [6.45, 7) is 1.08. The molecule has 2 heterocycles. The molecule has 1 atom stereocenters. The molecule has 3 nitrogen and oxygen atoms in total. The van der Waals surface area contributed by atoms with Gasteiger partial charge in [0.1, 0.15) is 5.52 Å². The zero-order valence-electron chi connectivity index (χ0n) is 10.5. The van der Waals surface area contributed by atoms with E-state index in [9.17, 15) is 0 Å². The van der Waals surface area contributed by atoms with Crippen LogP contribution in [0.1, 0.15) is 48.7 Å². The highest BCUT2D eigenvalue weighted by Crippen LogP contribution is 2.30. The molecule has 94 valence electrons. The highest BCUT2D eigenvalue weighted by atomic mass is 16.3. The second kappa shape index (κ2) is 4.09. The molecule has 0 bridgehead atoms. The van der Waals surface area contributed by atoms with Crippen LogP contribution >= 0.6 is 0 Å². The Bertz CT molecular complexity index is 538. The summed E-state index contributed by atoms with van der Waals surface area (Å²) in [4.78, 5) is 4.67. The summed E-state index contributed by atoms with van der Waals surface area (Å²) in [7, 11) is 0. The summed E-state index contributed by atoms with van der Waals surface area (Å²) >= 11 is 0. The topological polar surface area (TPSA) is 38.1 Å². The lowest BCUT2D eigenvalue weighted by atomic mass is 9.91. The quantitative estimate of drug-likeness (QED) is 0.835. The molecule has 18 heavy (non-hydrogen) atoms. The molecule has 1 aromatic carbocycles. The van der Waals surface area contributed by atoms with Crippen LogP contribution in [0, 0.1) is 0 Å². The van der Waals surface area contributed by atoms with Gasteiger partial charge in [0.05, 0.1) is 6.04 Å². The molecule has 1 aromatic heterocycles. The number of nitrogens with zero attached hydrogens (tertiary/aromatic N) is 1. The minimum absolute atomic E-state index is 0.328. The largest absolute Gasteiger partial charge is 0.439 e. The van der Waals surface area contributed by atoms with Crippen molar-refractivity contribution >= 4 is 11.1 Å². The molecule has 1 aliphatic heterocycles. The van der Waals surface area contributed by atoms with Crippen molar-refractivity contribution in [3.8, 4) is 0 Å². The Morgan fingerprint density at radius 1 is 1.11 bits per heavy atom. The Labute approximate surface area is 107 Å². The lowest BCUT2D eigenvalue weighted by Crippen LogP contribution is -2.12. The van der Waals surface area contributed by atoms with Gasteiger partial charge in [-0.3, -0.25) is 0 Å². The van der Waals surface area contributed by atoms with E-state index in [4.69, 9.17) is 4.42 Å². The van der Waals surface area contributed by atoms with Crippen molar-refractivity contribution in [1.29, 1.82) is 0 Å². The summed E-state index contributed by atoms with van der Waals surface area (Å²) < 4.78 is 5.94. The molecular weight excluding hydrogens is 224 g/mol. The highest BCUT2D eigenvalue weighted by molar-refractivity contribution is 5.75. The molecule has 1 fully saturated rings. The van der Waals surface area contributed by atoms with Gasteiger partial charge in [0.15, 0.2) is 5.58 Å². The van der Waals surface area contributed by atoms with Crippen LogP contribution in [0.3, 0.4) is 0 Å². The van der Waals surface area contributed by atoms with Crippen LogP contribution in [0.2, 0.25) is 0 Å². The first-order valence-corrected chi connectivity index (χ1v) is 7.06. The lowest BCUT2D eigenvalue weighted by molar-refractivity contribution is 0.451. The van der Waals surface area contributed by atoms with E-state index in [-0.39, 0.29) is 0 Å². The number of benzene rings is 1. The van der Waals surface area contributed by atoms with Gasteiger partial charge in [-0.05, 0) is 68.3 Å². The number of aromatic nitrogens is 1. The third-order valence-corrected chi connectivity index (χ3v) is 4.23. The minimum Gasteiger partial charge on any atom is -0.439 e. The van der Waals surface area contributed by atoms with Gasteiger partial charge in [-0.15, -0.1) is 0 Å². The van der Waals surface area contributed by atoms with Crippen molar-refractivity contribution in [3.63, 3.8) is 0 Å². The molecule has 0 radical (unpaired) electrons. The third-order valence-electron chi connectivity index (χ3n) is 4.23. The van der Waals surface area contributed by atoms with E-state index in [1.54, 1.807) is 0 Å². The summed E-state index contributed by atoms with van der Waals surface area (Å²) in [5.74, 6) is 0.879. The fourth-order valence-corrected chi connectivity index (χ4v) is 3.22. The van der Waals surface area contributed by atoms with Gasteiger partial charge >= 0.3 is 0 Å². The van der Waals surface area contributed by atoms with Gasteiger partial charge in [0.2, 0.25) is 5.89 Å². The second-order valence-electron chi connectivity index (χ2n) is 5.50. The average molecular weight is 242 g/mol. The number of hydrogen-bond acceptors (Lipinski definition) is 3. The Hall–Kier alpha value is -1.35. The zero-order chi connectivity index (χ0) is 11.9. The smallest absolute Gasteiger partial charge is 0.212 e. The molecule has 1 aliphatic carbocycles. The molecule has 1 unspecified atom stereocenters. The predicted octanol–water partition coefficient (Wildman–Crippen LogP) is 3.13. The molecule has 0 saturated carbocycles. The fraction of sp³-hybridized carbons (Fsp3) is 0.533. The maximum absolute atomic E-state index is 5.94. The molecule has 4 rings (SSSR count). The molecule has 1 saturated heterocycles. The van der Waals surface area contributed by atoms with E-state index in [0.717, 1.165) is 30.0 Å². The van der Waals surface area contributed by atoms with E-state index in [2.05, 4.69) is 22.4 Å². The van der Waals surface area contributed by atoms with Gasteiger partial charge in [-0.25, -0.2) is 4.98 Å². The summed E-state index contributed by atoms with van der Waals surface area (Å²) in [5, 5.41) is 3.45. The second-order valence-corrected chi connectivity index (χ2v) is 5.50. The third kappa shape index (κ3) is 1.65. The Kier molecular flexibility index (Phi) is 2.40. The molecule has 0 spiro atoms. The van der Waals surface area contributed by atoms with Crippen molar-refractivity contribution in [1.82, 2.24) is 10.3 Å². The maximum atomic E-state index is 5.94. The predicted molar refractivity (Wildman–Crippen MR) is 70.6 cm³/mol.